The summed E-state index contributed by atoms with van der Waals surface area (Å²) in [6.07, 6.45) is 0.777. The molecule has 0 saturated carbocycles. The molecule has 0 aliphatic carbocycles. The predicted octanol–water partition coefficient (Wildman–Crippen LogP) is -1.01. The van der Waals surface area contributed by atoms with Crippen LogP contribution in [0.4, 0.5) is 0 Å². The van der Waals surface area contributed by atoms with Gasteiger partial charge in [0.05, 0.1) is 26.7 Å². The molecule has 0 radical (unpaired) electrons. The molecule has 1 fully saturated rings. The van der Waals surface area contributed by atoms with Crippen LogP contribution in [-0.2, 0) is 19.1 Å². The van der Waals surface area contributed by atoms with Crippen LogP contribution < -0.4 is 0 Å². The third-order valence-electron chi connectivity index (χ3n) is 2.98. The number of methoxy groups -OCH3 is 1. The second kappa shape index (κ2) is 6.01. The van der Waals surface area contributed by atoms with Crippen molar-refractivity contribution >= 4 is 17.8 Å². The standard InChI is InChI=1S/C12H20N2O5/c1-4-5-13-6-10(16)14(7-9(13)15)8-12(2,18)11(17)19-3/h18H,4-8H2,1-3H3. The lowest BCUT2D eigenvalue weighted by atomic mass is 10.1. The van der Waals surface area contributed by atoms with Crippen LogP contribution in [0, 0.1) is 0 Å². The maximum absolute atomic E-state index is 11.9. The maximum atomic E-state index is 11.9. The van der Waals surface area contributed by atoms with E-state index in [1.165, 1.54) is 16.7 Å². The fourth-order valence-corrected chi connectivity index (χ4v) is 1.98. The lowest BCUT2D eigenvalue weighted by Crippen LogP contribution is -2.58. The van der Waals surface area contributed by atoms with Crippen molar-refractivity contribution in [3.05, 3.63) is 0 Å². The third kappa shape index (κ3) is 3.66. The minimum atomic E-state index is -1.81. The number of rotatable bonds is 5. The van der Waals surface area contributed by atoms with Gasteiger partial charge in [-0.3, -0.25) is 9.59 Å². The first-order valence-corrected chi connectivity index (χ1v) is 6.18. The number of nitrogens with zero attached hydrogens (tertiary/aromatic N) is 2. The smallest absolute Gasteiger partial charge is 0.339 e. The average molecular weight is 272 g/mol. The van der Waals surface area contributed by atoms with Crippen molar-refractivity contribution < 1.29 is 24.2 Å². The average Bonchev–Trinajstić information content (AvgIpc) is 2.34. The van der Waals surface area contributed by atoms with Gasteiger partial charge in [-0.2, -0.15) is 0 Å². The van der Waals surface area contributed by atoms with Gasteiger partial charge in [0.25, 0.3) is 0 Å². The number of piperazine rings is 1. The predicted molar refractivity (Wildman–Crippen MR) is 66.1 cm³/mol. The SMILES string of the molecule is CCCN1CC(=O)N(CC(C)(O)C(=O)OC)CC1=O. The van der Waals surface area contributed by atoms with Crippen molar-refractivity contribution in [1.82, 2.24) is 9.80 Å². The van der Waals surface area contributed by atoms with Gasteiger partial charge in [0, 0.05) is 6.54 Å². The summed E-state index contributed by atoms with van der Waals surface area (Å²) in [5.41, 5.74) is -1.81. The summed E-state index contributed by atoms with van der Waals surface area (Å²) in [7, 11) is 1.16. The van der Waals surface area contributed by atoms with E-state index in [2.05, 4.69) is 4.74 Å². The maximum Gasteiger partial charge on any atom is 0.339 e. The summed E-state index contributed by atoms with van der Waals surface area (Å²) in [6.45, 7) is 3.34. The van der Waals surface area contributed by atoms with E-state index < -0.39 is 11.6 Å². The number of carbonyl (C=O) groups is 3. The summed E-state index contributed by atoms with van der Waals surface area (Å²) >= 11 is 0. The Hall–Kier alpha value is -1.63. The number of amides is 2. The van der Waals surface area contributed by atoms with E-state index in [0.29, 0.717) is 6.54 Å². The molecule has 0 aromatic heterocycles. The molecule has 1 saturated heterocycles. The minimum Gasteiger partial charge on any atom is -0.467 e. The highest BCUT2D eigenvalue weighted by molar-refractivity contribution is 5.93. The highest BCUT2D eigenvalue weighted by Gasteiger charge is 2.38. The highest BCUT2D eigenvalue weighted by atomic mass is 16.5. The van der Waals surface area contributed by atoms with E-state index in [1.807, 2.05) is 6.92 Å². The molecule has 1 aliphatic heterocycles. The molecule has 7 nitrogen and oxygen atoms in total. The summed E-state index contributed by atoms with van der Waals surface area (Å²) in [6, 6.07) is 0. The number of aliphatic hydroxyl groups is 1. The zero-order valence-corrected chi connectivity index (χ0v) is 11.5. The first-order chi connectivity index (χ1) is 8.81. The van der Waals surface area contributed by atoms with Crippen LogP contribution in [0.5, 0.6) is 0 Å². The summed E-state index contributed by atoms with van der Waals surface area (Å²) in [4.78, 5) is 37.7. The van der Waals surface area contributed by atoms with Crippen LogP contribution in [0.1, 0.15) is 20.3 Å². The number of esters is 1. The van der Waals surface area contributed by atoms with Crippen molar-refractivity contribution in [1.29, 1.82) is 0 Å². The zero-order chi connectivity index (χ0) is 14.6. The zero-order valence-electron chi connectivity index (χ0n) is 11.5. The molecule has 0 bridgehead atoms. The van der Waals surface area contributed by atoms with Gasteiger partial charge in [-0.1, -0.05) is 6.92 Å². The quantitative estimate of drug-likeness (QED) is 0.648. The van der Waals surface area contributed by atoms with E-state index in [4.69, 9.17) is 0 Å². The Balaban J connectivity index is 2.69. The van der Waals surface area contributed by atoms with Crippen LogP contribution in [0.2, 0.25) is 0 Å². The van der Waals surface area contributed by atoms with Crippen LogP contribution in [0.3, 0.4) is 0 Å². The highest BCUT2D eigenvalue weighted by Crippen LogP contribution is 2.13. The van der Waals surface area contributed by atoms with Crippen LogP contribution >= 0.6 is 0 Å². The molecular weight excluding hydrogens is 252 g/mol. The molecule has 0 aromatic carbocycles. The number of ether oxygens (including phenoxy) is 1. The van der Waals surface area contributed by atoms with Gasteiger partial charge in [0.15, 0.2) is 5.60 Å². The molecule has 2 amide bonds. The summed E-state index contributed by atoms with van der Waals surface area (Å²) < 4.78 is 4.46. The Labute approximate surface area is 112 Å². The number of carbonyl (C=O) groups excluding carboxylic acids is 3. The second-order valence-electron chi connectivity index (χ2n) is 4.83. The number of hydrogen-bond donors (Lipinski definition) is 1. The molecule has 1 N–H and O–H groups in total. The Bertz CT molecular complexity index is 380. The molecule has 0 spiro atoms. The number of β-amino-alcohol motifs (C(OH)–C–C–N with tert-alkyl or cyclic N) is 1. The van der Waals surface area contributed by atoms with Gasteiger partial charge in [-0.05, 0) is 13.3 Å². The van der Waals surface area contributed by atoms with Gasteiger partial charge in [-0.15, -0.1) is 0 Å². The molecule has 1 heterocycles. The molecule has 1 unspecified atom stereocenters. The van der Waals surface area contributed by atoms with Crippen molar-refractivity contribution in [2.75, 3.05) is 33.3 Å². The molecule has 0 aromatic rings. The largest absolute Gasteiger partial charge is 0.467 e. The third-order valence-corrected chi connectivity index (χ3v) is 2.98. The summed E-state index contributed by atoms with van der Waals surface area (Å²) in [5.74, 6) is -1.29. The van der Waals surface area contributed by atoms with Gasteiger partial charge in [0.2, 0.25) is 11.8 Å². The van der Waals surface area contributed by atoms with Crippen molar-refractivity contribution in [2.45, 2.75) is 25.9 Å². The molecule has 1 rings (SSSR count). The van der Waals surface area contributed by atoms with Crippen molar-refractivity contribution in [3.63, 3.8) is 0 Å². The van der Waals surface area contributed by atoms with Crippen LogP contribution in [0.25, 0.3) is 0 Å². The van der Waals surface area contributed by atoms with Gasteiger partial charge < -0.3 is 19.6 Å². The fraction of sp³-hybridized carbons (Fsp3) is 0.750. The Kier molecular flexibility index (Phi) is 4.88. The van der Waals surface area contributed by atoms with Gasteiger partial charge in [-0.25, -0.2) is 4.79 Å². The van der Waals surface area contributed by atoms with Gasteiger partial charge >= 0.3 is 5.97 Å². The van der Waals surface area contributed by atoms with Gasteiger partial charge in [0.1, 0.15) is 0 Å². The lowest BCUT2D eigenvalue weighted by Gasteiger charge is -2.36. The molecule has 19 heavy (non-hydrogen) atoms. The number of hydrogen-bond acceptors (Lipinski definition) is 5. The Morgan fingerprint density at radius 2 is 1.84 bits per heavy atom. The van der Waals surface area contributed by atoms with E-state index in [0.717, 1.165) is 13.5 Å². The fourth-order valence-electron chi connectivity index (χ4n) is 1.98. The molecule has 1 aliphatic rings. The summed E-state index contributed by atoms with van der Waals surface area (Å²) in [5, 5.41) is 9.92. The van der Waals surface area contributed by atoms with Crippen LogP contribution in [-0.4, -0.2) is 71.6 Å². The minimum absolute atomic E-state index is 0.00999. The first-order valence-electron chi connectivity index (χ1n) is 6.18. The van der Waals surface area contributed by atoms with Crippen molar-refractivity contribution in [3.8, 4) is 0 Å². The molecule has 108 valence electrons. The van der Waals surface area contributed by atoms with Crippen molar-refractivity contribution in [2.24, 2.45) is 0 Å². The monoisotopic (exact) mass is 272 g/mol. The van der Waals surface area contributed by atoms with E-state index in [9.17, 15) is 19.5 Å². The molecular formula is C12H20N2O5. The first kappa shape index (κ1) is 15.4. The molecule has 7 heteroatoms. The normalized spacial score (nSPS) is 19.4. The second-order valence-corrected chi connectivity index (χ2v) is 4.83. The Morgan fingerprint density at radius 3 is 2.37 bits per heavy atom. The van der Waals surface area contributed by atoms with E-state index in [-0.39, 0.29) is 31.4 Å². The lowest BCUT2D eigenvalue weighted by molar-refractivity contribution is -0.166. The van der Waals surface area contributed by atoms with E-state index >= 15 is 0 Å². The van der Waals surface area contributed by atoms with Crippen LogP contribution in [0.15, 0.2) is 0 Å². The Morgan fingerprint density at radius 1 is 1.32 bits per heavy atom. The van der Waals surface area contributed by atoms with E-state index in [1.54, 1.807) is 0 Å². The topological polar surface area (TPSA) is 87.2 Å². The molecule has 1 atom stereocenters.